The third kappa shape index (κ3) is 5.13. The number of carbonyl (C=O) groups is 1. The number of methoxy groups -OCH3 is 1. The Balaban J connectivity index is 1.42. The lowest BCUT2D eigenvalue weighted by molar-refractivity contribution is -0.121. The van der Waals surface area contributed by atoms with E-state index in [0.29, 0.717) is 42.4 Å². The van der Waals surface area contributed by atoms with Crippen LogP contribution in [0.5, 0.6) is 5.75 Å². The van der Waals surface area contributed by atoms with Crippen LogP contribution in [0.25, 0.3) is 0 Å². The molecule has 0 radical (unpaired) electrons. The first kappa shape index (κ1) is 20.4. The number of nitrogens with zero attached hydrogens (tertiary/aromatic N) is 1. The molecule has 1 N–H and O–H groups in total. The molecular formula is C21H23ClF2N2O2. The summed E-state index contributed by atoms with van der Waals surface area (Å²) in [5.74, 6) is -0.801. The Morgan fingerprint density at radius 2 is 2.07 bits per heavy atom. The summed E-state index contributed by atoms with van der Waals surface area (Å²) in [6, 6.07) is 9.45. The Bertz CT molecular complexity index is 847. The summed E-state index contributed by atoms with van der Waals surface area (Å²) < 4.78 is 31.6. The van der Waals surface area contributed by atoms with Crippen LogP contribution in [-0.4, -0.2) is 32.7 Å². The van der Waals surface area contributed by atoms with Crippen molar-refractivity contribution in [3.63, 3.8) is 0 Å². The van der Waals surface area contributed by atoms with Crippen LogP contribution in [0.1, 0.15) is 18.4 Å². The second-order valence-electron chi connectivity index (χ2n) is 6.97. The van der Waals surface area contributed by atoms with E-state index in [0.717, 1.165) is 24.6 Å². The van der Waals surface area contributed by atoms with E-state index in [9.17, 15) is 13.6 Å². The van der Waals surface area contributed by atoms with Crippen LogP contribution in [0.4, 0.5) is 14.5 Å². The van der Waals surface area contributed by atoms with E-state index in [1.807, 2.05) is 17.0 Å². The van der Waals surface area contributed by atoms with Crippen molar-refractivity contribution in [2.75, 3.05) is 31.6 Å². The van der Waals surface area contributed by atoms with Crippen molar-refractivity contribution in [1.82, 2.24) is 5.32 Å². The topological polar surface area (TPSA) is 41.6 Å². The van der Waals surface area contributed by atoms with Gasteiger partial charge in [-0.25, -0.2) is 8.78 Å². The lowest BCUT2D eigenvalue weighted by Crippen LogP contribution is -2.31. The van der Waals surface area contributed by atoms with Crippen molar-refractivity contribution in [1.29, 1.82) is 0 Å². The highest BCUT2D eigenvalue weighted by Crippen LogP contribution is 2.26. The molecule has 1 saturated heterocycles. The van der Waals surface area contributed by atoms with Crippen LogP contribution in [0.2, 0.25) is 5.02 Å². The molecule has 0 aromatic heterocycles. The summed E-state index contributed by atoms with van der Waals surface area (Å²) in [7, 11) is 1.56. The Morgan fingerprint density at radius 3 is 2.79 bits per heavy atom. The number of halogens is 3. The number of anilines is 1. The average molecular weight is 409 g/mol. The largest absolute Gasteiger partial charge is 0.495 e. The molecule has 0 bridgehead atoms. The van der Waals surface area contributed by atoms with Crippen LogP contribution in [0.3, 0.4) is 0 Å². The Morgan fingerprint density at radius 1 is 1.25 bits per heavy atom. The summed E-state index contributed by atoms with van der Waals surface area (Å²) in [5, 5.41) is 3.50. The predicted molar refractivity (Wildman–Crippen MR) is 106 cm³/mol. The van der Waals surface area contributed by atoms with Gasteiger partial charge in [0.1, 0.15) is 5.75 Å². The second-order valence-corrected chi connectivity index (χ2v) is 7.38. The van der Waals surface area contributed by atoms with Crippen LogP contribution in [0.15, 0.2) is 36.4 Å². The maximum Gasteiger partial charge on any atom is 0.220 e. The minimum Gasteiger partial charge on any atom is -0.495 e. The van der Waals surface area contributed by atoms with Crippen molar-refractivity contribution in [2.24, 2.45) is 5.92 Å². The van der Waals surface area contributed by atoms with Gasteiger partial charge in [-0.05, 0) is 48.6 Å². The molecule has 4 nitrogen and oxygen atoms in total. The summed E-state index contributed by atoms with van der Waals surface area (Å²) in [5.41, 5.74) is 1.65. The molecule has 1 atom stereocenters. The van der Waals surface area contributed by atoms with Crippen molar-refractivity contribution >= 4 is 23.2 Å². The van der Waals surface area contributed by atoms with Gasteiger partial charge >= 0.3 is 0 Å². The van der Waals surface area contributed by atoms with Crippen LogP contribution < -0.4 is 15.0 Å². The van der Waals surface area contributed by atoms with Crippen LogP contribution in [-0.2, 0) is 11.2 Å². The zero-order valence-corrected chi connectivity index (χ0v) is 16.4. The molecule has 1 heterocycles. The van der Waals surface area contributed by atoms with Gasteiger partial charge in [-0.15, -0.1) is 0 Å². The number of ether oxygens (including phenoxy) is 1. The summed E-state index contributed by atoms with van der Waals surface area (Å²) in [6.45, 7) is 2.04. The van der Waals surface area contributed by atoms with E-state index in [1.165, 1.54) is 6.07 Å². The number of aryl methyl sites for hydroxylation is 1. The molecule has 2 aromatic rings. The molecule has 0 aliphatic carbocycles. The zero-order chi connectivity index (χ0) is 20.1. The minimum absolute atomic E-state index is 0.0155. The molecule has 7 heteroatoms. The lowest BCUT2D eigenvalue weighted by Gasteiger charge is -2.19. The van der Waals surface area contributed by atoms with Gasteiger partial charge in [-0.3, -0.25) is 4.79 Å². The Labute approximate surface area is 168 Å². The van der Waals surface area contributed by atoms with Gasteiger partial charge in [0.15, 0.2) is 11.6 Å². The molecule has 1 aliphatic heterocycles. The first-order valence-electron chi connectivity index (χ1n) is 9.25. The van der Waals surface area contributed by atoms with Gasteiger partial charge in [0.05, 0.1) is 12.1 Å². The van der Waals surface area contributed by atoms with Crippen molar-refractivity contribution < 1.29 is 18.3 Å². The summed E-state index contributed by atoms with van der Waals surface area (Å²) in [4.78, 5) is 14.2. The fourth-order valence-corrected chi connectivity index (χ4v) is 3.67. The molecule has 1 fully saturated rings. The molecule has 2 aromatic carbocycles. The number of amides is 1. The molecule has 0 spiro atoms. The molecule has 1 aliphatic rings. The number of carbonyl (C=O) groups excluding carboxylic acids is 1. The Hall–Kier alpha value is -2.34. The maximum absolute atomic E-state index is 13.4. The van der Waals surface area contributed by atoms with E-state index in [2.05, 4.69) is 5.32 Å². The second kappa shape index (κ2) is 9.24. The van der Waals surface area contributed by atoms with E-state index >= 15 is 0 Å². The highest BCUT2D eigenvalue weighted by atomic mass is 35.5. The minimum atomic E-state index is -0.843. The van der Waals surface area contributed by atoms with Crippen molar-refractivity contribution in [2.45, 2.75) is 19.3 Å². The van der Waals surface area contributed by atoms with Crippen LogP contribution in [0, 0.1) is 17.6 Å². The molecule has 150 valence electrons. The monoisotopic (exact) mass is 408 g/mol. The molecule has 28 heavy (non-hydrogen) atoms. The molecular weight excluding hydrogens is 386 g/mol. The van der Waals surface area contributed by atoms with E-state index in [4.69, 9.17) is 16.3 Å². The van der Waals surface area contributed by atoms with Crippen molar-refractivity contribution in [3.8, 4) is 5.75 Å². The lowest BCUT2D eigenvalue weighted by atomic mass is 10.1. The quantitative estimate of drug-likeness (QED) is 0.746. The zero-order valence-electron chi connectivity index (χ0n) is 15.7. The van der Waals surface area contributed by atoms with E-state index in [1.54, 1.807) is 19.2 Å². The van der Waals surface area contributed by atoms with Gasteiger partial charge in [-0.1, -0.05) is 17.7 Å². The molecule has 1 amide bonds. The van der Waals surface area contributed by atoms with E-state index in [-0.39, 0.29) is 11.8 Å². The van der Waals surface area contributed by atoms with Gasteiger partial charge in [0.2, 0.25) is 5.91 Å². The number of rotatable bonds is 7. The number of benzene rings is 2. The third-order valence-corrected chi connectivity index (χ3v) is 5.29. The maximum atomic E-state index is 13.4. The average Bonchev–Trinajstić information content (AvgIpc) is 3.16. The highest BCUT2D eigenvalue weighted by molar-refractivity contribution is 6.32. The fraction of sp³-hybridized carbons (Fsp3) is 0.381. The fourth-order valence-electron chi connectivity index (χ4n) is 3.39. The number of nitrogens with one attached hydrogen (secondary N) is 1. The van der Waals surface area contributed by atoms with Gasteiger partial charge in [-0.2, -0.15) is 0 Å². The normalized spacial score (nSPS) is 16.3. The molecule has 0 saturated carbocycles. The highest BCUT2D eigenvalue weighted by Gasteiger charge is 2.23. The van der Waals surface area contributed by atoms with Crippen LogP contribution >= 0.6 is 11.6 Å². The first-order valence-corrected chi connectivity index (χ1v) is 9.63. The predicted octanol–water partition coefficient (Wildman–Crippen LogP) is 4.20. The van der Waals surface area contributed by atoms with Gasteiger partial charge in [0.25, 0.3) is 0 Å². The molecule has 0 unspecified atom stereocenters. The summed E-state index contributed by atoms with van der Waals surface area (Å²) in [6.07, 6.45) is 1.87. The summed E-state index contributed by atoms with van der Waals surface area (Å²) >= 11 is 6.10. The SMILES string of the molecule is COc1ccc(CCC(=O)NC[C@@H]2CCN(c3ccc(F)c(F)c3)C2)cc1Cl. The van der Waals surface area contributed by atoms with E-state index < -0.39 is 11.6 Å². The number of hydrogen-bond acceptors (Lipinski definition) is 3. The Kier molecular flexibility index (Phi) is 6.73. The smallest absolute Gasteiger partial charge is 0.220 e. The number of hydrogen-bond donors (Lipinski definition) is 1. The molecule has 3 rings (SSSR count). The first-order chi connectivity index (χ1) is 13.5. The van der Waals surface area contributed by atoms with Gasteiger partial charge < -0.3 is 15.0 Å². The van der Waals surface area contributed by atoms with Gasteiger partial charge in [0, 0.05) is 37.8 Å². The third-order valence-electron chi connectivity index (χ3n) is 5.00. The standard InChI is InChI=1S/C21H23ClF2N2O2/c1-28-20-6-2-14(10-17(20)22)3-7-21(27)25-12-15-8-9-26(13-15)16-4-5-18(23)19(24)11-16/h2,4-6,10-11,15H,3,7-9,12-13H2,1H3,(H,25,27)/t15-/m0/s1. The van der Waals surface area contributed by atoms with Crippen molar-refractivity contribution in [3.05, 3.63) is 58.6 Å².